The summed E-state index contributed by atoms with van der Waals surface area (Å²) >= 11 is 1.18. The Hall–Kier alpha value is -3.04. The fraction of sp³-hybridized carbons (Fsp3) is 0.333. The van der Waals surface area contributed by atoms with Crippen LogP contribution >= 0.6 is 11.8 Å². The van der Waals surface area contributed by atoms with Gasteiger partial charge in [0.1, 0.15) is 11.8 Å². The number of hydrogen-bond donors (Lipinski definition) is 1. The largest absolute Gasteiger partial charge is 0.480 e. The lowest BCUT2D eigenvalue weighted by Crippen LogP contribution is -2.40. The van der Waals surface area contributed by atoms with Crippen molar-refractivity contribution >= 4 is 27.8 Å². The summed E-state index contributed by atoms with van der Waals surface area (Å²) in [5.41, 5.74) is -3.18. The number of rotatable bonds is 7. The van der Waals surface area contributed by atoms with E-state index < -0.39 is 57.0 Å². The van der Waals surface area contributed by atoms with Crippen molar-refractivity contribution in [3.63, 3.8) is 0 Å². The first-order valence-corrected chi connectivity index (χ1v) is 13.7. The Labute approximate surface area is 222 Å². The number of carboxylic acids is 1. The van der Waals surface area contributed by atoms with Crippen molar-refractivity contribution in [2.75, 3.05) is 6.54 Å². The molecule has 0 spiro atoms. The number of oxazole rings is 1. The molecule has 1 aromatic heterocycles. The van der Waals surface area contributed by atoms with E-state index in [9.17, 15) is 44.7 Å². The van der Waals surface area contributed by atoms with Gasteiger partial charge < -0.3 is 9.52 Å². The quantitative estimate of drug-likeness (QED) is 0.256. The molecule has 15 heteroatoms. The van der Waals surface area contributed by atoms with Crippen LogP contribution in [0.3, 0.4) is 0 Å². The number of sulfonamides is 1. The molecule has 0 bridgehead atoms. The van der Waals surface area contributed by atoms with Gasteiger partial charge in [-0.05, 0) is 62.2 Å². The Kier molecular flexibility index (Phi) is 7.80. The molecule has 1 atom stereocenters. The van der Waals surface area contributed by atoms with Gasteiger partial charge in [-0.2, -0.15) is 30.6 Å². The van der Waals surface area contributed by atoms with Gasteiger partial charge in [0.25, 0.3) is 0 Å². The lowest BCUT2D eigenvalue weighted by Gasteiger charge is -2.21. The predicted octanol–water partition coefficient (Wildman–Crippen LogP) is 6.22. The Morgan fingerprint density at radius 1 is 1.08 bits per heavy atom. The van der Waals surface area contributed by atoms with Crippen molar-refractivity contribution in [2.24, 2.45) is 0 Å². The van der Waals surface area contributed by atoms with E-state index >= 15 is 0 Å². The van der Waals surface area contributed by atoms with Crippen LogP contribution in [-0.4, -0.2) is 41.4 Å². The number of alkyl halides is 6. The minimum absolute atomic E-state index is 0.0193. The zero-order valence-corrected chi connectivity index (χ0v) is 21.6. The minimum Gasteiger partial charge on any atom is -0.480 e. The van der Waals surface area contributed by atoms with Crippen LogP contribution in [0, 0.1) is 6.92 Å². The summed E-state index contributed by atoms with van der Waals surface area (Å²) in [5.74, 6) is -1.30. The maximum absolute atomic E-state index is 13.2. The summed E-state index contributed by atoms with van der Waals surface area (Å²) in [6, 6.07) is 5.62. The number of thioether (sulfide) groups is 1. The third kappa shape index (κ3) is 6.25. The van der Waals surface area contributed by atoms with Gasteiger partial charge in [0.05, 0.1) is 21.7 Å². The number of aryl methyl sites for hydroxylation is 1. The van der Waals surface area contributed by atoms with Gasteiger partial charge in [0.15, 0.2) is 0 Å². The molecule has 1 aliphatic rings. The van der Waals surface area contributed by atoms with E-state index in [0.29, 0.717) is 23.4 Å². The van der Waals surface area contributed by atoms with Crippen LogP contribution in [0.15, 0.2) is 56.7 Å². The van der Waals surface area contributed by atoms with Gasteiger partial charge >= 0.3 is 18.3 Å². The normalized spacial score (nSPS) is 17.1. The van der Waals surface area contributed by atoms with Crippen molar-refractivity contribution in [2.45, 2.75) is 53.7 Å². The molecular formula is C24H20F6N2O5S2. The van der Waals surface area contributed by atoms with E-state index in [1.54, 1.807) is 0 Å². The molecular weight excluding hydrogens is 574 g/mol. The molecule has 0 aliphatic carbocycles. The number of carbonyl (C=O) groups is 1. The fourth-order valence-corrected chi connectivity index (χ4v) is 6.58. The number of aromatic nitrogens is 1. The lowest BCUT2D eigenvalue weighted by molar-refractivity contribution is -0.143. The summed E-state index contributed by atoms with van der Waals surface area (Å²) in [6.07, 6.45) is -9.38. The number of halogens is 6. The smallest absolute Gasteiger partial charge is 0.416 e. The van der Waals surface area contributed by atoms with Crippen molar-refractivity contribution < 1.29 is 49.1 Å². The van der Waals surface area contributed by atoms with Gasteiger partial charge in [-0.3, -0.25) is 4.79 Å². The molecule has 0 saturated carbocycles. The van der Waals surface area contributed by atoms with Gasteiger partial charge in [-0.15, -0.1) is 11.8 Å². The SMILES string of the molecule is Cc1oc(-c2cc(C(F)(F)F)cc(C(F)(F)F)c2)nc1CSc1ccc(S(=O)(=O)N2CCCC2C(=O)O)cc1. The van der Waals surface area contributed by atoms with Crippen LogP contribution in [0.4, 0.5) is 26.3 Å². The summed E-state index contributed by atoms with van der Waals surface area (Å²) < 4.78 is 111. The monoisotopic (exact) mass is 594 g/mol. The van der Waals surface area contributed by atoms with Crippen molar-refractivity contribution in [1.82, 2.24) is 9.29 Å². The maximum Gasteiger partial charge on any atom is 0.416 e. The fourth-order valence-electron chi connectivity index (χ4n) is 4.03. The molecule has 7 nitrogen and oxygen atoms in total. The van der Waals surface area contributed by atoms with E-state index in [1.165, 1.54) is 43.0 Å². The molecule has 4 rings (SSSR count). The van der Waals surface area contributed by atoms with Crippen LogP contribution in [-0.2, 0) is 32.9 Å². The molecule has 1 saturated heterocycles. The first-order chi connectivity index (χ1) is 18.1. The van der Waals surface area contributed by atoms with Crippen LogP contribution in [0.1, 0.15) is 35.4 Å². The predicted molar refractivity (Wildman–Crippen MR) is 127 cm³/mol. The Morgan fingerprint density at radius 2 is 1.67 bits per heavy atom. The number of carboxylic acid groups (broad SMARTS) is 1. The topological polar surface area (TPSA) is 101 Å². The molecule has 1 aliphatic heterocycles. The van der Waals surface area contributed by atoms with Crippen LogP contribution < -0.4 is 0 Å². The highest BCUT2D eigenvalue weighted by atomic mass is 32.2. The van der Waals surface area contributed by atoms with E-state index in [0.717, 1.165) is 4.31 Å². The molecule has 0 radical (unpaired) electrons. The van der Waals surface area contributed by atoms with Gasteiger partial charge in [0.2, 0.25) is 15.9 Å². The molecule has 210 valence electrons. The van der Waals surface area contributed by atoms with E-state index in [-0.39, 0.29) is 41.1 Å². The van der Waals surface area contributed by atoms with E-state index in [4.69, 9.17) is 4.42 Å². The Bertz CT molecular complexity index is 1450. The lowest BCUT2D eigenvalue weighted by atomic mass is 10.0. The van der Waals surface area contributed by atoms with Gasteiger partial charge in [-0.1, -0.05) is 0 Å². The second kappa shape index (κ2) is 10.5. The Morgan fingerprint density at radius 3 is 2.21 bits per heavy atom. The second-order valence-electron chi connectivity index (χ2n) is 8.69. The Balaban J connectivity index is 1.52. The minimum atomic E-state index is -5.01. The van der Waals surface area contributed by atoms with Crippen molar-refractivity contribution in [3.8, 4) is 11.5 Å². The van der Waals surface area contributed by atoms with Gasteiger partial charge in [-0.25, -0.2) is 13.4 Å². The number of benzene rings is 2. The molecule has 1 N–H and O–H groups in total. The highest BCUT2D eigenvalue weighted by Gasteiger charge is 2.40. The summed E-state index contributed by atoms with van der Waals surface area (Å²) in [6.45, 7) is 1.56. The van der Waals surface area contributed by atoms with E-state index in [1.807, 2.05) is 0 Å². The second-order valence-corrected chi connectivity index (χ2v) is 11.6. The first-order valence-electron chi connectivity index (χ1n) is 11.3. The molecule has 0 amide bonds. The molecule has 2 heterocycles. The van der Waals surface area contributed by atoms with Crippen LogP contribution in [0.5, 0.6) is 0 Å². The molecule has 39 heavy (non-hydrogen) atoms. The third-order valence-corrected chi connectivity index (χ3v) is 8.97. The zero-order valence-electron chi connectivity index (χ0n) is 20.0. The number of aliphatic carboxylic acids is 1. The molecule has 1 fully saturated rings. The molecule has 2 aromatic carbocycles. The standard InChI is InChI=1S/C24H20F6N2O5S2/c1-13-19(31-21(37-13)14-9-15(23(25,26)27)11-16(10-14)24(28,29)30)12-38-17-4-6-18(7-5-17)39(35,36)32-8-2-3-20(32)22(33)34/h4-7,9-11,20H,2-3,8,12H2,1H3,(H,33,34). The average Bonchev–Trinajstić information content (AvgIpc) is 3.49. The molecule has 1 unspecified atom stereocenters. The van der Waals surface area contributed by atoms with E-state index in [2.05, 4.69) is 4.98 Å². The summed E-state index contributed by atoms with van der Waals surface area (Å²) in [7, 11) is -4.02. The highest BCUT2D eigenvalue weighted by molar-refractivity contribution is 7.98. The number of hydrogen-bond acceptors (Lipinski definition) is 6. The van der Waals surface area contributed by atoms with Crippen LogP contribution in [0.25, 0.3) is 11.5 Å². The summed E-state index contributed by atoms with van der Waals surface area (Å²) in [5, 5.41) is 9.29. The highest BCUT2D eigenvalue weighted by Crippen LogP contribution is 2.39. The first kappa shape index (κ1) is 29.0. The third-order valence-electron chi connectivity index (χ3n) is 6.02. The summed E-state index contributed by atoms with van der Waals surface area (Å²) in [4.78, 5) is 16.0. The van der Waals surface area contributed by atoms with Crippen LogP contribution in [0.2, 0.25) is 0 Å². The van der Waals surface area contributed by atoms with Gasteiger partial charge in [0, 0.05) is 22.8 Å². The average molecular weight is 595 g/mol. The maximum atomic E-state index is 13.2. The zero-order chi connectivity index (χ0) is 28.8. The van der Waals surface area contributed by atoms with Crippen molar-refractivity contribution in [3.05, 3.63) is 65.0 Å². The van der Waals surface area contributed by atoms with Crippen molar-refractivity contribution in [1.29, 1.82) is 0 Å². The molecule has 3 aromatic rings. The number of nitrogens with zero attached hydrogens (tertiary/aromatic N) is 2.